The van der Waals surface area contributed by atoms with Crippen molar-refractivity contribution < 1.29 is 9.90 Å². The van der Waals surface area contributed by atoms with Crippen molar-refractivity contribution in [2.75, 3.05) is 11.5 Å². The zero-order chi connectivity index (χ0) is 14.0. The molecule has 1 aromatic carbocycles. The molecule has 1 aliphatic heterocycles. The Morgan fingerprint density at radius 1 is 1.35 bits per heavy atom. The van der Waals surface area contributed by atoms with Crippen LogP contribution in [-0.4, -0.2) is 33.1 Å². The highest BCUT2D eigenvalue weighted by Crippen LogP contribution is 2.27. The average Bonchev–Trinajstić information content (AvgIpc) is 2.88. The molecule has 4 nitrogen and oxygen atoms in total. The van der Waals surface area contributed by atoms with Crippen LogP contribution in [0, 0.1) is 0 Å². The van der Waals surface area contributed by atoms with Crippen LogP contribution in [-0.2, 0) is 11.3 Å². The smallest absolute Gasteiger partial charge is 0.252 e. The number of carbonyl (C=O) groups is 1. The predicted octanol–water partition coefficient (Wildman–Crippen LogP) is 2.04. The van der Waals surface area contributed by atoms with Crippen LogP contribution in [0.15, 0.2) is 30.3 Å². The highest BCUT2D eigenvalue weighted by atomic mass is 32.2. The molecule has 106 valence electrons. The maximum Gasteiger partial charge on any atom is 0.252 e. The molecule has 2 aromatic rings. The van der Waals surface area contributed by atoms with Gasteiger partial charge in [-0.15, -0.1) is 0 Å². The molecule has 3 N–H and O–H groups in total. The van der Waals surface area contributed by atoms with E-state index in [9.17, 15) is 9.90 Å². The van der Waals surface area contributed by atoms with E-state index in [1.54, 1.807) is 11.8 Å². The minimum absolute atomic E-state index is 0.253. The van der Waals surface area contributed by atoms with E-state index in [0.29, 0.717) is 19.4 Å². The van der Waals surface area contributed by atoms with E-state index < -0.39 is 5.60 Å². The third-order valence-electron chi connectivity index (χ3n) is 3.77. The Balaban J connectivity index is 1.65. The molecule has 1 aliphatic rings. The van der Waals surface area contributed by atoms with Crippen LogP contribution in [0.5, 0.6) is 0 Å². The number of para-hydroxylation sites is 1. The summed E-state index contributed by atoms with van der Waals surface area (Å²) >= 11 is 1.79. The van der Waals surface area contributed by atoms with Crippen molar-refractivity contribution in [3.05, 3.63) is 36.0 Å². The molecular formula is C15H18N2O2S. The standard InChI is InChI=1S/C15H18N2O2S/c18-14(15(19)5-7-20-8-6-15)16-10-12-9-11-3-1-2-4-13(11)17-12/h1-4,9,17,19H,5-8,10H2,(H,16,18). The zero-order valence-corrected chi connectivity index (χ0v) is 12.0. The third kappa shape index (κ3) is 2.69. The van der Waals surface area contributed by atoms with Crippen molar-refractivity contribution in [1.82, 2.24) is 10.3 Å². The van der Waals surface area contributed by atoms with Crippen LogP contribution in [0.3, 0.4) is 0 Å². The SMILES string of the molecule is O=C(NCc1cc2ccccc2[nH]1)C1(O)CCSCC1. The average molecular weight is 290 g/mol. The quantitative estimate of drug-likeness (QED) is 0.810. The largest absolute Gasteiger partial charge is 0.380 e. The molecule has 0 saturated carbocycles. The summed E-state index contributed by atoms with van der Waals surface area (Å²) in [6.07, 6.45) is 1.08. The van der Waals surface area contributed by atoms with Crippen molar-refractivity contribution in [2.24, 2.45) is 0 Å². The molecule has 5 heteroatoms. The topological polar surface area (TPSA) is 65.1 Å². The molecule has 0 atom stereocenters. The van der Waals surface area contributed by atoms with E-state index >= 15 is 0 Å². The Morgan fingerprint density at radius 2 is 2.10 bits per heavy atom. The minimum Gasteiger partial charge on any atom is -0.380 e. The van der Waals surface area contributed by atoms with Crippen molar-refractivity contribution in [3.63, 3.8) is 0 Å². The van der Waals surface area contributed by atoms with Gasteiger partial charge in [0.25, 0.3) is 5.91 Å². The fourth-order valence-electron chi connectivity index (χ4n) is 2.50. The van der Waals surface area contributed by atoms with E-state index in [0.717, 1.165) is 28.1 Å². The fourth-order valence-corrected chi connectivity index (χ4v) is 3.67. The van der Waals surface area contributed by atoms with Crippen LogP contribution < -0.4 is 5.32 Å². The molecule has 1 fully saturated rings. The first-order valence-corrected chi connectivity index (χ1v) is 7.98. The van der Waals surface area contributed by atoms with Crippen molar-refractivity contribution in [3.8, 4) is 0 Å². The van der Waals surface area contributed by atoms with Crippen LogP contribution in [0.2, 0.25) is 0 Å². The second-order valence-corrected chi connectivity index (χ2v) is 6.43. The lowest BCUT2D eigenvalue weighted by molar-refractivity contribution is -0.140. The summed E-state index contributed by atoms with van der Waals surface area (Å²) in [5.41, 5.74) is 0.829. The van der Waals surface area contributed by atoms with Crippen LogP contribution >= 0.6 is 11.8 Å². The Hall–Kier alpha value is -1.46. The Labute approximate surface area is 121 Å². The van der Waals surface area contributed by atoms with Gasteiger partial charge in [-0.2, -0.15) is 11.8 Å². The first kappa shape index (κ1) is 13.5. The van der Waals surface area contributed by atoms with Gasteiger partial charge in [-0.1, -0.05) is 18.2 Å². The number of hydrogen-bond acceptors (Lipinski definition) is 3. The Morgan fingerprint density at radius 3 is 2.85 bits per heavy atom. The summed E-state index contributed by atoms with van der Waals surface area (Å²) in [5, 5.41) is 14.3. The van der Waals surface area contributed by atoms with Crippen molar-refractivity contribution in [1.29, 1.82) is 0 Å². The highest BCUT2D eigenvalue weighted by Gasteiger charge is 2.37. The zero-order valence-electron chi connectivity index (χ0n) is 11.2. The van der Waals surface area contributed by atoms with Gasteiger partial charge in [-0.25, -0.2) is 0 Å². The molecule has 1 aromatic heterocycles. The Bertz CT molecular complexity index is 584. The molecule has 0 bridgehead atoms. The van der Waals surface area contributed by atoms with Crippen LogP contribution in [0.4, 0.5) is 0 Å². The van der Waals surface area contributed by atoms with Gasteiger partial charge in [-0.3, -0.25) is 4.79 Å². The summed E-state index contributed by atoms with van der Waals surface area (Å²) in [6.45, 7) is 0.420. The second kappa shape index (κ2) is 5.50. The summed E-state index contributed by atoms with van der Waals surface area (Å²) < 4.78 is 0. The number of amides is 1. The maximum absolute atomic E-state index is 12.1. The maximum atomic E-state index is 12.1. The molecule has 0 unspecified atom stereocenters. The number of hydrogen-bond donors (Lipinski definition) is 3. The normalized spacial score (nSPS) is 18.1. The van der Waals surface area contributed by atoms with E-state index in [4.69, 9.17) is 0 Å². The number of fused-ring (bicyclic) bond motifs is 1. The predicted molar refractivity (Wildman–Crippen MR) is 81.7 cm³/mol. The Kier molecular flexibility index (Phi) is 3.72. The van der Waals surface area contributed by atoms with Crippen molar-refractivity contribution >= 4 is 28.6 Å². The first-order chi connectivity index (χ1) is 9.67. The van der Waals surface area contributed by atoms with E-state index in [1.807, 2.05) is 30.3 Å². The fraction of sp³-hybridized carbons (Fsp3) is 0.400. The number of aromatic amines is 1. The lowest BCUT2D eigenvalue weighted by Crippen LogP contribution is -2.48. The van der Waals surface area contributed by atoms with Gasteiger partial charge in [0, 0.05) is 11.2 Å². The highest BCUT2D eigenvalue weighted by molar-refractivity contribution is 7.99. The van der Waals surface area contributed by atoms with Gasteiger partial charge in [0.05, 0.1) is 6.54 Å². The van der Waals surface area contributed by atoms with Crippen LogP contribution in [0.1, 0.15) is 18.5 Å². The van der Waals surface area contributed by atoms with E-state index in [-0.39, 0.29) is 5.91 Å². The third-order valence-corrected chi connectivity index (χ3v) is 4.75. The lowest BCUT2D eigenvalue weighted by Gasteiger charge is -2.30. The number of aromatic nitrogens is 1. The second-order valence-electron chi connectivity index (χ2n) is 5.21. The van der Waals surface area contributed by atoms with Gasteiger partial charge in [-0.05, 0) is 41.9 Å². The number of benzene rings is 1. The van der Waals surface area contributed by atoms with Gasteiger partial charge < -0.3 is 15.4 Å². The molecular weight excluding hydrogens is 272 g/mol. The molecule has 3 rings (SSSR count). The van der Waals surface area contributed by atoms with E-state index in [2.05, 4.69) is 10.3 Å². The monoisotopic (exact) mass is 290 g/mol. The molecule has 2 heterocycles. The van der Waals surface area contributed by atoms with Gasteiger partial charge in [0.2, 0.25) is 0 Å². The van der Waals surface area contributed by atoms with Crippen molar-refractivity contribution in [2.45, 2.75) is 25.0 Å². The molecule has 1 amide bonds. The number of thioether (sulfide) groups is 1. The van der Waals surface area contributed by atoms with Gasteiger partial charge in [0.1, 0.15) is 5.60 Å². The summed E-state index contributed by atoms with van der Waals surface area (Å²) in [6, 6.07) is 10.0. The van der Waals surface area contributed by atoms with Gasteiger partial charge in [0.15, 0.2) is 0 Å². The number of aliphatic hydroxyl groups is 1. The lowest BCUT2D eigenvalue weighted by atomic mass is 9.96. The number of nitrogens with one attached hydrogen (secondary N) is 2. The summed E-state index contributed by atoms with van der Waals surface area (Å²) in [4.78, 5) is 15.4. The summed E-state index contributed by atoms with van der Waals surface area (Å²) in [5.74, 6) is 1.43. The summed E-state index contributed by atoms with van der Waals surface area (Å²) in [7, 11) is 0. The minimum atomic E-state index is -1.18. The number of rotatable bonds is 3. The molecule has 0 spiro atoms. The van der Waals surface area contributed by atoms with Gasteiger partial charge >= 0.3 is 0 Å². The number of H-pyrrole nitrogens is 1. The van der Waals surface area contributed by atoms with E-state index in [1.165, 1.54) is 0 Å². The molecule has 0 aliphatic carbocycles. The first-order valence-electron chi connectivity index (χ1n) is 6.82. The molecule has 20 heavy (non-hydrogen) atoms. The van der Waals surface area contributed by atoms with Crippen LogP contribution in [0.25, 0.3) is 10.9 Å². The number of carbonyl (C=O) groups excluding carboxylic acids is 1. The molecule has 0 radical (unpaired) electrons. The molecule has 1 saturated heterocycles.